The van der Waals surface area contributed by atoms with Gasteiger partial charge in [0.2, 0.25) is 0 Å². The number of hydrogen-bond donors (Lipinski definition) is 4. The van der Waals surface area contributed by atoms with Crippen LogP contribution in [0.1, 0.15) is 59.1 Å². The van der Waals surface area contributed by atoms with E-state index in [4.69, 9.17) is 4.11 Å². The molecule has 214 valence electrons. The van der Waals surface area contributed by atoms with Crippen LogP contribution < -0.4 is 5.32 Å². The van der Waals surface area contributed by atoms with Crippen LogP contribution in [0, 0.1) is 5.82 Å². The highest BCUT2D eigenvalue weighted by molar-refractivity contribution is 6.12. The van der Waals surface area contributed by atoms with E-state index in [1.807, 2.05) is 54.8 Å². The predicted molar refractivity (Wildman–Crippen MR) is 157 cm³/mol. The smallest absolute Gasteiger partial charge is 0.305 e. The number of halogens is 1. The fourth-order valence-corrected chi connectivity index (χ4v) is 4.99. The van der Waals surface area contributed by atoms with Crippen molar-refractivity contribution in [3.63, 3.8) is 0 Å². The van der Waals surface area contributed by atoms with Crippen molar-refractivity contribution in [3.8, 4) is 22.4 Å². The van der Waals surface area contributed by atoms with E-state index in [-0.39, 0.29) is 24.8 Å². The van der Waals surface area contributed by atoms with Crippen molar-refractivity contribution in [3.05, 3.63) is 102 Å². The molecule has 0 aliphatic heterocycles. The van der Waals surface area contributed by atoms with Gasteiger partial charge in [-0.1, -0.05) is 62.4 Å². The van der Waals surface area contributed by atoms with Crippen molar-refractivity contribution in [2.75, 3.05) is 5.32 Å². The molecule has 1 heterocycles. The van der Waals surface area contributed by atoms with Crippen LogP contribution in [0.5, 0.6) is 0 Å². The van der Waals surface area contributed by atoms with Crippen molar-refractivity contribution in [1.82, 2.24) is 4.57 Å². The Balaban J connectivity index is 1.89. The third-order valence-electron chi connectivity index (χ3n) is 6.66. The molecule has 4 N–H and O–H groups in total. The largest absolute Gasteiger partial charge is 0.481 e. The number of aromatic nitrogens is 1. The number of anilines is 1. The van der Waals surface area contributed by atoms with E-state index >= 15 is 0 Å². The molecule has 41 heavy (non-hydrogen) atoms. The average Bonchev–Trinajstić information content (AvgIpc) is 3.32. The Labute approximate surface area is 243 Å². The number of carbonyl (C=O) groups is 2. The lowest BCUT2D eigenvalue weighted by atomic mass is 9.94. The number of amides is 1. The molecule has 0 aliphatic carbocycles. The van der Waals surface area contributed by atoms with Gasteiger partial charge in [0.15, 0.2) is 0 Å². The summed E-state index contributed by atoms with van der Waals surface area (Å²) < 4.78 is 39.1. The second kappa shape index (κ2) is 13.4. The predicted octanol–water partition coefficient (Wildman–Crippen LogP) is 6.31. The highest BCUT2D eigenvalue weighted by Crippen LogP contribution is 2.42. The maximum Gasteiger partial charge on any atom is 0.305 e. The summed E-state index contributed by atoms with van der Waals surface area (Å²) in [6.07, 6.45) is -8.90. The van der Waals surface area contributed by atoms with Gasteiger partial charge in [0.1, 0.15) is 5.82 Å². The lowest BCUT2D eigenvalue weighted by molar-refractivity contribution is -0.139. The SMILES string of the molecule is [2H]C([2H])(C(=O)O)[C@@]([2H])(O)C[C@@H](O)CCn1c(-c2ccc(F)cc2)c(-c2ccccc2)c(C(=O)Nc2ccccc2)c1C(C)C. The van der Waals surface area contributed by atoms with Gasteiger partial charge < -0.3 is 25.2 Å². The minimum atomic E-state index is -3.33. The molecule has 0 aliphatic rings. The first-order chi connectivity index (χ1) is 20.7. The molecule has 1 aromatic heterocycles. The highest BCUT2D eigenvalue weighted by atomic mass is 19.1. The highest BCUT2D eigenvalue weighted by Gasteiger charge is 2.31. The first-order valence-electron chi connectivity index (χ1n) is 14.8. The number of aliphatic hydroxyl groups is 2. The zero-order valence-corrected chi connectivity index (χ0v) is 22.8. The summed E-state index contributed by atoms with van der Waals surface area (Å²) in [5.41, 5.74) is 4.06. The molecule has 7 nitrogen and oxygen atoms in total. The lowest BCUT2D eigenvalue weighted by Gasteiger charge is -2.20. The molecular weight excluding hydrogens is 523 g/mol. The summed E-state index contributed by atoms with van der Waals surface area (Å²) in [6, 6.07) is 24.0. The Bertz CT molecular complexity index is 1610. The Morgan fingerprint density at radius 1 is 0.951 bits per heavy atom. The van der Waals surface area contributed by atoms with E-state index in [0.717, 1.165) is 5.56 Å². The molecule has 0 unspecified atom stereocenters. The summed E-state index contributed by atoms with van der Waals surface area (Å²) >= 11 is 0. The summed E-state index contributed by atoms with van der Waals surface area (Å²) in [7, 11) is 0. The van der Waals surface area contributed by atoms with Crippen LogP contribution in [-0.2, 0) is 11.3 Å². The summed E-state index contributed by atoms with van der Waals surface area (Å²) in [5.74, 6) is -3.07. The number of nitrogens with one attached hydrogen (secondary N) is 1. The van der Waals surface area contributed by atoms with Gasteiger partial charge in [-0.15, -0.1) is 0 Å². The molecule has 0 saturated carbocycles. The summed E-state index contributed by atoms with van der Waals surface area (Å²) in [6.45, 7) is 3.87. The molecule has 0 radical (unpaired) electrons. The molecule has 0 spiro atoms. The lowest BCUT2D eigenvalue weighted by Crippen LogP contribution is -2.22. The van der Waals surface area contributed by atoms with E-state index in [9.17, 15) is 29.3 Å². The molecule has 0 bridgehead atoms. The number of aliphatic carboxylic acids is 1. The quantitative estimate of drug-likeness (QED) is 0.162. The van der Waals surface area contributed by atoms with Crippen molar-refractivity contribution < 1.29 is 33.4 Å². The molecule has 8 heteroatoms. The minimum Gasteiger partial charge on any atom is -0.481 e. The van der Waals surface area contributed by atoms with Crippen LogP contribution in [0.3, 0.4) is 0 Å². The van der Waals surface area contributed by atoms with Gasteiger partial charge in [-0.25, -0.2) is 4.39 Å². The molecule has 0 fully saturated rings. The van der Waals surface area contributed by atoms with E-state index in [2.05, 4.69) is 5.32 Å². The second-order valence-electron chi connectivity index (χ2n) is 10.0. The van der Waals surface area contributed by atoms with Crippen LogP contribution in [0.25, 0.3) is 22.4 Å². The van der Waals surface area contributed by atoms with Gasteiger partial charge in [-0.05, 0) is 66.3 Å². The standard InChI is InChI=1S/C33H35FN2O5/c1-21(2)31-30(33(41)35-25-11-7-4-8-12-25)29(22-9-5-3-6-10-22)32(23-13-15-24(34)16-14-23)36(31)18-17-26(37)19-27(38)20-28(39)40/h3-16,21,26-27,37-38H,17-20H2,1-2H3,(H,35,41)(H,39,40)/t26-,27-/m0/s1/i20D2,27D. The number of hydrogen-bond acceptors (Lipinski definition) is 4. The molecule has 4 rings (SSSR count). The monoisotopic (exact) mass is 561 g/mol. The van der Waals surface area contributed by atoms with E-state index < -0.39 is 36.8 Å². The maximum absolute atomic E-state index is 14.1. The van der Waals surface area contributed by atoms with E-state index in [1.54, 1.807) is 36.4 Å². The number of carboxylic acids is 1. The number of benzene rings is 3. The average molecular weight is 562 g/mol. The van der Waals surface area contributed by atoms with Crippen LogP contribution in [0.4, 0.5) is 10.1 Å². The van der Waals surface area contributed by atoms with Crippen molar-refractivity contribution in [2.45, 2.75) is 57.7 Å². The fraction of sp³-hybridized carbons (Fsp3) is 0.273. The number of carbonyl (C=O) groups excluding carboxylic acids is 1. The van der Waals surface area contributed by atoms with Crippen LogP contribution in [-0.4, -0.2) is 43.9 Å². The Hall–Kier alpha value is -4.27. The molecule has 2 atom stereocenters. The normalized spacial score (nSPS) is 14.9. The van der Waals surface area contributed by atoms with Crippen LogP contribution in [0.15, 0.2) is 84.9 Å². The fourth-order valence-electron chi connectivity index (χ4n) is 4.99. The van der Waals surface area contributed by atoms with Gasteiger partial charge in [0.05, 0.1) is 31.2 Å². The third-order valence-corrected chi connectivity index (χ3v) is 6.66. The molecule has 0 saturated heterocycles. The molecule has 1 amide bonds. The number of rotatable bonds is 12. The first kappa shape index (κ1) is 25.7. The van der Waals surface area contributed by atoms with E-state index in [1.165, 1.54) is 12.1 Å². The number of aliphatic hydroxyl groups excluding tert-OH is 1. The summed E-state index contributed by atoms with van der Waals surface area (Å²) in [5, 5.41) is 33.3. The van der Waals surface area contributed by atoms with Crippen molar-refractivity contribution in [2.24, 2.45) is 0 Å². The Morgan fingerprint density at radius 2 is 1.56 bits per heavy atom. The van der Waals surface area contributed by atoms with Gasteiger partial charge in [-0.3, -0.25) is 9.59 Å². The van der Waals surface area contributed by atoms with Crippen molar-refractivity contribution in [1.29, 1.82) is 0 Å². The zero-order valence-electron chi connectivity index (χ0n) is 25.8. The number of carboxylic acid groups (broad SMARTS) is 1. The van der Waals surface area contributed by atoms with Crippen LogP contribution in [0.2, 0.25) is 0 Å². The topological polar surface area (TPSA) is 112 Å². The van der Waals surface area contributed by atoms with Gasteiger partial charge in [-0.2, -0.15) is 0 Å². The molecule has 4 aromatic rings. The number of nitrogens with zero attached hydrogens (tertiary/aromatic N) is 1. The Morgan fingerprint density at radius 3 is 2.15 bits per heavy atom. The molecular formula is C33H35FN2O5. The minimum absolute atomic E-state index is 0.0476. The molecule has 3 aromatic carbocycles. The third kappa shape index (κ3) is 7.28. The summed E-state index contributed by atoms with van der Waals surface area (Å²) in [4.78, 5) is 25.4. The number of para-hydroxylation sites is 1. The Kier molecular flexibility index (Phi) is 8.39. The van der Waals surface area contributed by atoms with Crippen molar-refractivity contribution >= 4 is 17.6 Å². The first-order valence-corrected chi connectivity index (χ1v) is 13.3. The van der Waals surface area contributed by atoms with Crippen LogP contribution >= 0.6 is 0 Å². The maximum atomic E-state index is 14.1. The van der Waals surface area contributed by atoms with Gasteiger partial charge in [0, 0.05) is 26.2 Å². The zero-order chi connectivity index (χ0) is 32.2. The second-order valence-corrected chi connectivity index (χ2v) is 10.0. The van der Waals surface area contributed by atoms with E-state index in [0.29, 0.717) is 33.8 Å². The van der Waals surface area contributed by atoms with Gasteiger partial charge in [0.25, 0.3) is 5.91 Å². The van der Waals surface area contributed by atoms with Gasteiger partial charge >= 0.3 is 5.97 Å².